The Bertz CT molecular complexity index is 981. The van der Waals surface area contributed by atoms with Crippen LogP contribution in [0.25, 0.3) is 21.1 Å². The number of nitrogens with two attached hydrogens (primary N) is 1. The second-order valence-corrected chi connectivity index (χ2v) is 8.41. The maximum atomic E-state index is 8.97. The van der Waals surface area contributed by atoms with Crippen molar-refractivity contribution in [2.75, 3.05) is 13.2 Å². The average molecular weight is 454 g/mol. The Kier molecular flexibility index (Phi) is 7.32. The van der Waals surface area contributed by atoms with Gasteiger partial charge in [0.2, 0.25) is 0 Å². The Morgan fingerprint density at radius 2 is 1.83 bits per heavy atom. The van der Waals surface area contributed by atoms with Gasteiger partial charge in [-0.3, -0.25) is 0 Å². The molecule has 0 amide bonds. The van der Waals surface area contributed by atoms with Gasteiger partial charge in [0.05, 0.1) is 28.8 Å². The third kappa shape index (κ3) is 5.58. The molecule has 154 valence electrons. The molecule has 3 N–H and O–H groups in total. The first kappa shape index (κ1) is 21.8. The van der Waals surface area contributed by atoms with E-state index in [2.05, 4.69) is 10.2 Å². The third-order valence-electron chi connectivity index (χ3n) is 3.84. The molecule has 29 heavy (non-hydrogen) atoms. The van der Waals surface area contributed by atoms with Crippen LogP contribution in [0.4, 0.5) is 0 Å². The van der Waals surface area contributed by atoms with Gasteiger partial charge in [-0.2, -0.15) is 0 Å². The predicted molar refractivity (Wildman–Crippen MR) is 117 cm³/mol. The Hall–Kier alpha value is -1.90. The van der Waals surface area contributed by atoms with E-state index >= 15 is 0 Å². The maximum Gasteiger partial charge on any atom is 0.149 e. The molecule has 2 aromatic carbocycles. The predicted octanol–water partition coefficient (Wildman–Crippen LogP) is 4.66. The highest BCUT2D eigenvalue weighted by atomic mass is 35.5. The van der Waals surface area contributed by atoms with E-state index in [0.717, 1.165) is 16.1 Å². The summed E-state index contributed by atoms with van der Waals surface area (Å²) in [6.07, 6.45) is 0.0416. The maximum absolute atomic E-state index is 8.97. The van der Waals surface area contributed by atoms with Crippen LogP contribution in [0.5, 0.6) is 11.5 Å². The van der Waals surface area contributed by atoms with Gasteiger partial charge in [-0.25, -0.2) is 0 Å². The molecule has 9 heteroatoms. The van der Waals surface area contributed by atoms with Gasteiger partial charge in [-0.1, -0.05) is 34.5 Å². The van der Waals surface area contributed by atoms with Gasteiger partial charge in [0.1, 0.15) is 28.1 Å². The molecule has 0 spiro atoms. The highest BCUT2D eigenvalue weighted by molar-refractivity contribution is 7.18. The molecule has 0 saturated heterocycles. The molecular formula is C20H21Cl2N3O3S. The summed E-state index contributed by atoms with van der Waals surface area (Å²) in [7, 11) is 0. The molecule has 6 nitrogen and oxygen atoms in total. The van der Waals surface area contributed by atoms with Crippen molar-refractivity contribution in [3.05, 3.63) is 46.4 Å². The molecular weight excluding hydrogens is 433 g/mol. The van der Waals surface area contributed by atoms with Crippen LogP contribution in [0, 0.1) is 0 Å². The van der Waals surface area contributed by atoms with Crippen molar-refractivity contribution in [1.82, 2.24) is 10.2 Å². The molecule has 0 radical (unpaired) electrons. The van der Waals surface area contributed by atoms with Crippen molar-refractivity contribution in [3.63, 3.8) is 0 Å². The van der Waals surface area contributed by atoms with Crippen LogP contribution in [0.15, 0.2) is 36.4 Å². The zero-order chi connectivity index (χ0) is 21.0. The number of ether oxygens (including phenoxy) is 2. The largest absolute Gasteiger partial charge is 0.492 e. The summed E-state index contributed by atoms with van der Waals surface area (Å²) >= 11 is 14.1. The average Bonchev–Trinajstić information content (AvgIpc) is 3.17. The lowest BCUT2D eigenvalue weighted by molar-refractivity contribution is 0.206. The number of hydrogen-bond acceptors (Lipinski definition) is 7. The minimum absolute atomic E-state index is 0.0416. The topological polar surface area (TPSA) is 90.5 Å². The molecule has 0 unspecified atom stereocenters. The van der Waals surface area contributed by atoms with Crippen LogP contribution in [0.2, 0.25) is 10.0 Å². The highest BCUT2D eigenvalue weighted by Crippen LogP contribution is 2.37. The lowest BCUT2D eigenvalue weighted by atomic mass is 10.2. The summed E-state index contributed by atoms with van der Waals surface area (Å²) in [5.74, 6) is 1.20. The Morgan fingerprint density at radius 1 is 1.07 bits per heavy atom. The monoisotopic (exact) mass is 453 g/mol. The van der Waals surface area contributed by atoms with Crippen molar-refractivity contribution in [1.29, 1.82) is 0 Å². The number of aliphatic hydroxyl groups is 1. The van der Waals surface area contributed by atoms with Crippen LogP contribution < -0.4 is 15.2 Å². The van der Waals surface area contributed by atoms with E-state index in [1.165, 1.54) is 11.3 Å². The Balaban J connectivity index is 1.78. The zero-order valence-electron chi connectivity index (χ0n) is 15.9. The van der Waals surface area contributed by atoms with Gasteiger partial charge >= 0.3 is 0 Å². The lowest BCUT2D eigenvalue weighted by Gasteiger charge is -2.11. The highest BCUT2D eigenvalue weighted by Gasteiger charge is 2.14. The van der Waals surface area contributed by atoms with E-state index in [4.69, 9.17) is 43.5 Å². The molecule has 1 atom stereocenters. The minimum atomic E-state index is -0.441. The van der Waals surface area contributed by atoms with Crippen LogP contribution in [0.1, 0.15) is 13.8 Å². The molecule has 1 heterocycles. The first-order chi connectivity index (χ1) is 13.9. The molecule has 1 aromatic heterocycles. The first-order valence-corrected chi connectivity index (χ1v) is 10.5. The second-order valence-electron chi connectivity index (χ2n) is 6.62. The molecule has 0 aliphatic rings. The fourth-order valence-corrected chi connectivity index (χ4v) is 3.87. The molecule has 0 bridgehead atoms. The van der Waals surface area contributed by atoms with E-state index in [1.54, 1.807) is 12.1 Å². The lowest BCUT2D eigenvalue weighted by Crippen LogP contribution is -2.31. The van der Waals surface area contributed by atoms with Crippen LogP contribution in [-0.2, 0) is 0 Å². The number of aliphatic hydroxyl groups excluding tert-OH is 1. The Labute approximate surface area is 183 Å². The SMILES string of the molecule is CC(C)Oc1ccc(-c2nnc(-c3ccc(OC[C@H](N)CO)cc3Cl)s2)cc1Cl. The van der Waals surface area contributed by atoms with Crippen LogP contribution in [0.3, 0.4) is 0 Å². The summed E-state index contributed by atoms with van der Waals surface area (Å²) in [5, 5.41) is 19.9. The number of rotatable bonds is 8. The molecule has 0 fully saturated rings. The summed E-state index contributed by atoms with van der Waals surface area (Å²) in [4.78, 5) is 0. The second kappa shape index (κ2) is 9.73. The molecule has 0 aliphatic heterocycles. The Morgan fingerprint density at radius 3 is 2.48 bits per heavy atom. The third-order valence-corrected chi connectivity index (χ3v) is 5.45. The number of hydrogen-bond donors (Lipinski definition) is 2. The minimum Gasteiger partial charge on any atom is -0.492 e. The molecule has 0 aliphatic carbocycles. The van der Waals surface area contributed by atoms with Gasteiger partial charge < -0.3 is 20.3 Å². The van der Waals surface area contributed by atoms with E-state index in [9.17, 15) is 0 Å². The van der Waals surface area contributed by atoms with Crippen molar-refractivity contribution in [2.45, 2.75) is 26.0 Å². The van der Waals surface area contributed by atoms with Gasteiger partial charge in [0.15, 0.2) is 0 Å². The van der Waals surface area contributed by atoms with E-state index in [0.29, 0.717) is 26.6 Å². The van der Waals surface area contributed by atoms with Gasteiger partial charge in [0, 0.05) is 11.1 Å². The number of aromatic nitrogens is 2. The van der Waals surface area contributed by atoms with E-state index < -0.39 is 6.04 Å². The normalized spacial score (nSPS) is 12.2. The fourth-order valence-electron chi connectivity index (χ4n) is 2.45. The standard InChI is InChI=1S/C20H21Cl2N3O3S/c1-11(2)28-18-6-3-12(7-17(18)22)19-24-25-20(29-19)15-5-4-14(8-16(15)21)27-10-13(23)9-26/h3-8,11,13,26H,9-10,23H2,1-2H3/t13-/m1/s1. The summed E-state index contributed by atoms with van der Waals surface area (Å²) in [6.45, 7) is 3.95. The summed E-state index contributed by atoms with van der Waals surface area (Å²) in [5.41, 5.74) is 7.24. The molecule has 3 aromatic rings. The smallest absolute Gasteiger partial charge is 0.149 e. The quantitative estimate of drug-likeness (QED) is 0.514. The van der Waals surface area contributed by atoms with Gasteiger partial charge in [-0.15, -0.1) is 10.2 Å². The number of nitrogens with zero attached hydrogens (tertiary/aromatic N) is 2. The number of halogens is 2. The van der Waals surface area contributed by atoms with Crippen molar-refractivity contribution < 1.29 is 14.6 Å². The van der Waals surface area contributed by atoms with E-state index in [1.807, 2.05) is 38.1 Å². The van der Waals surface area contributed by atoms with Gasteiger partial charge in [-0.05, 0) is 50.2 Å². The zero-order valence-corrected chi connectivity index (χ0v) is 18.3. The first-order valence-electron chi connectivity index (χ1n) is 8.96. The van der Waals surface area contributed by atoms with E-state index in [-0.39, 0.29) is 19.3 Å². The summed E-state index contributed by atoms with van der Waals surface area (Å²) in [6, 6.07) is 10.4. The van der Waals surface area contributed by atoms with Crippen molar-refractivity contribution >= 4 is 34.5 Å². The summed E-state index contributed by atoms with van der Waals surface area (Å²) < 4.78 is 11.2. The molecule has 3 rings (SSSR count). The number of benzene rings is 2. The van der Waals surface area contributed by atoms with Crippen molar-refractivity contribution in [2.24, 2.45) is 5.73 Å². The van der Waals surface area contributed by atoms with Gasteiger partial charge in [0.25, 0.3) is 0 Å². The fraction of sp³-hybridized carbons (Fsp3) is 0.300. The van der Waals surface area contributed by atoms with Crippen molar-refractivity contribution in [3.8, 4) is 32.6 Å². The molecule has 0 saturated carbocycles. The van der Waals surface area contributed by atoms with Crippen LogP contribution in [-0.4, -0.2) is 40.7 Å². The van der Waals surface area contributed by atoms with Crippen LogP contribution >= 0.6 is 34.5 Å².